The minimum absolute atomic E-state index is 0.101. The molecule has 19 heavy (non-hydrogen) atoms. The third kappa shape index (κ3) is 2.52. The molecule has 0 amide bonds. The molecule has 0 aliphatic heterocycles. The van der Waals surface area contributed by atoms with Gasteiger partial charge in [-0.1, -0.05) is 42.5 Å². The van der Waals surface area contributed by atoms with Crippen molar-refractivity contribution in [2.75, 3.05) is 0 Å². The Morgan fingerprint density at radius 3 is 2.47 bits per heavy atom. The summed E-state index contributed by atoms with van der Waals surface area (Å²) < 4.78 is 0. The number of carbonyl (C=O) groups is 1. The summed E-state index contributed by atoms with van der Waals surface area (Å²) in [4.78, 5) is 16.4. The quantitative estimate of drug-likeness (QED) is 0.661. The van der Waals surface area contributed by atoms with Crippen molar-refractivity contribution in [2.45, 2.75) is 6.42 Å². The van der Waals surface area contributed by atoms with Gasteiger partial charge in [0, 0.05) is 17.5 Å². The first-order valence-corrected chi connectivity index (χ1v) is 6.25. The van der Waals surface area contributed by atoms with Gasteiger partial charge in [0.1, 0.15) is 0 Å². The van der Waals surface area contributed by atoms with Crippen LogP contribution in [0.2, 0.25) is 0 Å². The second kappa shape index (κ2) is 5.02. The van der Waals surface area contributed by atoms with E-state index in [4.69, 9.17) is 0 Å². The minimum Gasteiger partial charge on any atom is -0.294 e. The van der Waals surface area contributed by atoms with Gasteiger partial charge in [0.15, 0.2) is 5.78 Å². The molecule has 0 saturated heterocycles. The topological polar surface area (TPSA) is 30.0 Å². The van der Waals surface area contributed by atoms with E-state index in [1.807, 2.05) is 60.7 Å². The molecule has 0 N–H and O–H groups in total. The zero-order valence-corrected chi connectivity index (χ0v) is 10.4. The molecule has 0 fully saturated rings. The molecule has 1 heterocycles. The SMILES string of the molecule is O=C(Cc1ccccn1)c1ccc2ccccc2c1. The van der Waals surface area contributed by atoms with Crippen LogP contribution in [0.4, 0.5) is 0 Å². The van der Waals surface area contributed by atoms with E-state index < -0.39 is 0 Å². The molecule has 3 rings (SSSR count). The van der Waals surface area contributed by atoms with Crippen molar-refractivity contribution in [3.05, 3.63) is 78.1 Å². The van der Waals surface area contributed by atoms with Crippen molar-refractivity contribution in [3.63, 3.8) is 0 Å². The molecule has 1 aromatic heterocycles. The number of benzene rings is 2. The molecule has 2 nitrogen and oxygen atoms in total. The number of hydrogen-bond donors (Lipinski definition) is 0. The van der Waals surface area contributed by atoms with Crippen LogP contribution in [0.5, 0.6) is 0 Å². The molecule has 0 bridgehead atoms. The van der Waals surface area contributed by atoms with E-state index in [1.54, 1.807) is 6.20 Å². The van der Waals surface area contributed by atoms with Crippen molar-refractivity contribution >= 4 is 16.6 Å². The Morgan fingerprint density at radius 1 is 0.895 bits per heavy atom. The Kier molecular flexibility index (Phi) is 3.07. The number of rotatable bonds is 3. The maximum absolute atomic E-state index is 12.2. The molecule has 0 unspecified atom stereocenters. The first-order valence-electron chi connectivity index (χ1n) is 6.25. The van der Waals surface area contributed by atoms with Crippen LogP contribution < -0.4 is 0 Å². The standard InChI is InChI=1S/C17H13NO/c19-17(12-16-7-3-4-10-18-16)15-9-8-13-5-1-2-6-14(13)11-15/h1-11H,12H2. The van der Waals surface area contributed by atoms with Gasteiger partial charge in [-0.25, -0.2) is 0 Å². The number of ketones is 1. The molecule has 0 radical (unpaired) electrons. The number of fused-ring (bicyclic) bond motifs is 1. The molecular weight excluding hydrogens is 234 g/mol. The predicted molar refractivity (Wildman–Crippen MR) is 76.2 cm³/mol. The van der Waals surface area contributed by atoms with Crippen molar-refractivity contribution in [1.82, 2.24) is 4.98 Å². The largest absolute Gasteiger partial charge is 0.294 e. The Hall–Kier alpha value is -2.48. The number of carbonyl (C=O) groups excluding carboxylic acids is 1. The van der Waals surface area contributed by atoms with E-state index in [0.29, 0.717) is 6.42 Å². The third-order valence-corrected chi connectivity index (χ3v) is 3.14. The van der Waals surface area contributed by atoms with Crippen LogP contribution in [0, 0.1) is 0 Å². The fourth-order valence-corrected chi connectivity index (χ4v) is 2.13. The molecule has 92 valence electrons. The maximum atomic E-state index is 12.2. The molecule has 0 aliphatic rings. The zero-order chi connectivity index (χ0) is 13.1. The van der Waals surface area contributed by atoms with E-state index in [0.717, 1.165) is 22.0 Å². The minimum atomic E-state index is 0.101. The summed E-state index contributed by atoms with van der Waals surface area (Å²) >= 11 is 0. The van der Waals surface area contributed by atoms with Crippen LogP contribution in [0.1, 0.15) is 16.1 Å². The molecule has 2 heteroatoms. The first-order chi connectivity index (χ1) is 9.33. The van der Waals surface area contributed by atoms with Gasteiger partial charge >= 0.3 is 0 Å². The number of hydrogen-bond acceptors (Lipinski definition) is 2. The smallest absolute Gasteiger partial charge is 0.168 e. The highest BCUT2D eigenvalue weighted by atomic mass is 16.1. The normalized spacial score (nSPS) is 10.5. The van der Waals surface area contributed by atoms with Crippen LogP contribution in [0.25, 0.3) is 10.8 Å². The average Bonchev–Trinajstić information content (AvgIpc) is 2.48. The van der Waals surface area contributed by atoms with Gasteiger partial charge in [0.05, 0.1) is 6.42 Å². The molecule has 2 aromatic carbocycles. The maximum Gasteiger partial charge on any atom is 0.168 e. The number of aromatic nitrogens is 1. The van der Waals surface area contributed by atoms with Crippen molar-refractivity contribution in [1.29, 1.82) is 0 Å². The summed E-state index contributed by atoms with van der Waals surface area (Å²) in [6, 6.07) is 19.5. The third-order valence-electron chi connectivity index (χ3n) is 3.14. The van der Waals surface area contributed by atoms with Crippen LogP contribution in [0.15, 0.2) is 66.9 Å². The molecule has 0 spiro atoms. The predicted octanol–water partition coefficient (Wildman–Crippen LogP) is 3.66. The summed E-state index contributed by atoms with van der Waals surface area (Å²) in [7, 11) is 0. The monoisotopic (exact) mass is 247 g/mol. The van der Waals surface area contributed by atoms with Crippen LogP contribution in [0.3, 0.4) is 0 Å². The average molecular weight is 247 g/mol. The van der Waals surface area contributed by atoms with E-state index in [2.05, 4.69) is 4.98 Å². The highest BCUT2D eigenvalue weighted by Gasteiger charge is 2.08. The fraction of sp³-hybridized carbons (Fsp3) is 0.0588. The fourth-order valence-electron chi connectivity index (χ4n) is 2.13. The number of pyridine rings is 1. The van der Waals surface area contributed by atoms with Crippen molar-refractivity contribution in [2.24, 2.45) is 0 Å². The molecule has 0 saturated carbocycles. The van der Waals surface area contributed by atoms with Gasteiger partial charge in [-0.15, -0.1) is 0 Å². The lowest BCUT2D eigenvalue weighted by atomic mass is 10.0. The van der Waals surface area contributed by atoms with Crippen LogP contribution in [-0.2, 0) is 6.42 Å². The summed E-state index contributed by atoms with van der Waals surface area (Å²) in [6.45, 7) is 0. The van der Waals surface area contributed by atoms with Crippen molar-refractivity contribution in [3.8, 4) is 0 Å². The van der Waals surface area contributed by atoms with Gasteiger partial charge < -0.3 is 0 Å². The Bertz CT molecular complexity index is 719. The Balaban J connectivity index is 1.89. The zero-order valence-electron chi connectivity index (χ0n) is 10.4. The van der Waals surface area contributed by atoms with Gasteiger partial charge in [0.2, 0.25) is 0 Å². The highest BCUT2D eigenvalue weighted by Crippen LogP contribution is 2.16. The lowest BCUT2D eigenvalue weighted by Crippen LogP contribution is -2.04. The van der Waals surface area contributed by atoms with E-state index in [1.165, 1.54) is 0 Å². The summed E-state index contributed by atoms with van der Waals surface area (Å²) in [5.74, 6) is 0.101. The molecule has 3 aromatic rings. The van der Waals surface area contributed by atoms with E-state index >= 15 is 0 Å². The van der Waals surface area contributed by atoms with Gasteiger partial charge in [-0.05, 0) is 29.0 Å². The lowest BCUT2D eigenvalue weighted by molar-refractivity contribution is 0.0992. The summed E-state index contributed by atoms with van der Waals surface area (Å²) in [6.07, 6.45) is 2.06. The number of Topliss-reactive ketones (excluding diaryl/α,β-unsaturated/α-hetero) is 1. The highest BCUT2D eigenvalue weighted by molar-refractivity contribution is 6.00. The second-order valence-corrected chi connectivity index (χ2v) is 4.48. The lowest BCUT2D eigenvalue weighted by Gasteiger charge is -2.03. The Labute approximate surface area is 111 Å². The van der Waals surface area contributed by atoms with Gasteiger partial charge in [-0.2, -0.15) is 0 Å². The van der Waals surface area contributed by atoms with Gasteiger partial charge in [-0.3, -0.25) is 9.78 Å². The number of nitrogens with zero attached hydrogens (tertiary/aromatic N) is 1. The second-order valence-electron chi connectivity index (χ2n) is 4.48. The molecule has 0 atom stereocenters. The van der Waals surface area contributed by atoms with Crippen LogP contribution in [-0.4, -0.2) is 10.8 Å². The molecule has 0 aliphatic carbocycles. The summed E-state index contributed by atoms with van der Waals surface area (Å²) in [5, 5.41) is 2.24. The van der Waals surface area contributed by atoms with E-state index in [9.17, 15) is 4.79 Å². The van der Waals surface area contributed by atoms with Crippen molar-refractivity contribution < 1.29 is 4.79 Å². The first kappa shape index (κ1) is 11.6. The molecular formula is C17H13NO. The Morgan fingerprint density at radius 2 is 1.68 bits per heavy atom. The van der Waals surface area contributed by atoms with Gasteiger partial charge in [0.25, 0.3) is 0 Å². The van der Waals surface area contributed by atoms with Crippen LogP contribution >= 0.6 is 0 Å². The summed E-state index contributed by atoms with van der Waals surface area (Å²) in [5.41, 5.74) is 1.55. The van der Waals surface area contributed by atoms with E-state index in [-0.39, 0.29) is 5.78 Å².